The first-order valence-electron chi connectivity index (χ1n) is 8.40. The van der Waals surface area contributed by atoms with Gasteiger partial charge in [0.05, 0.1) is 32.5 Å². The number of carbonyl (C=O) groups excluding carboxylic acids is 2. The van der Waals surface area contributed by atoms with Crippen molar-refractivity contribution in [1.82, 2.24) is 0 Å². The van der Waals surface area contributed by atoms with E-state index in [2.05, 4.69) is 17.0 Å². The zero-order valence-electron chi connectivity index (χ0n) is 14.9. The summed E-state index contributed by atoms with van der Waals surface area (Å²) in [4.78, 5) is 22.7. The van der Waals surface area contributed by atoms with Crippen molar-refractivity contribution in [2.75, 3.05) is 52.0 Å². The maximum atomic E-state index is 11.9. The van der Waals surface area contributed by atoms with Gasteiger partial charge in [-0.15, -0.1) is 0 Å². The van der Waals surface area contributed by atoms with Gasteiger partial charge in [-0.2, -0.15) is 0 Å². The van der Waals surface area contributed by atoms with E-state index in [1.165, 1.54) is 7.11 Å². The van der Waals surface area contributed by atoms with E-state index in [0.717, 1.165) is 25.1 Å². The summed E-state index contributed by atoms with van der Waals surface area (Å²) in [7, 11) is 1.30. The molecular formula is C18H27NO6. The summed E-state index contributed by atoms with van der Waals surface area (Å²) in [6, 6.07) is 7.19. The van der Waals surface area contributed by atoms with Crippen LogP contribution in [0, 0.1) is 0 Å². The van der Waals surface area contributed by atoms with Crippen LogP contribution in [0.15, 0.2) is 24.3 Å². The molecule has 7 heteroatoms. The van der Waals surface area contributed by atoms with E-state index in [1.54, 1.807) is 12.1 Å². The van der Waals surface area contributed by atoms with E-state index in [0.29, 0.717) is 12.2 Å². The maximum absolute atomic E-state index is 11.9. The summed E-state index contributed by atoms with van der Waals surface area (Å²) in [6.45, 7) is 3.97. The van der Waals surface area contributed by atoms with Crippen molar-refractivity contribution in [2.45, 2.75) is 19.8 Å². The maximum Gasteiger partial charge on any atom is 0.338 e. The second kappa shape index (κ2) is 13.2. The smallest absolute Gasteiger partial charge is 0.338 e. The molecule has 1 N–H and O–H groups in total. The third-order valence-corrected chi connectivity index (χ3v) is 3.26. The van der Waals surface area contributed by atoms with Crippen LogP contribution < -0.4 is 5.32 Å². The number of unbranched alkanes of at least 4 members (excludes halogenated alkanes) is 1. The lowest BCUT2D eigenvalue weighted by Crippen LogP contribution is -2.15. The minimum Gasteiger partial charge on any atom is -0.467 e. The Bertz CT molecular complexity index is 503. The van der Waals surface area contributed by atoms with Gasteiger partial charge in [0, 0.05) is 12.2 Å². The molecule has 7 nitrogen and oxygen atoms in total. The van der Waals surface area contributed by atoms with Crippen LogP contribution in [0.5, 0.6) is 0 Å². The van der Waals surface area contributed by atoms with Crippen LogP contribution in [0.3, 0.4) is 0 Å². The first-order valence-corrected chi connectivity index (χ1v) is 8.40. The molecule has 0 spiro atoms. The first-order chi connectivity index (χ1) is 12.2. The molecule has 25 heavy (non-hydrogen) atoms. The van der Waals surface area contributed by atoms with Crippen molar-refractivity contribution in [3.05, 3.63) is 29.8 Å². The zero-order chi connectivity index (χ0) is 18.3. The number of ether oxygens (including phenoxy) is 4. The average Bonchev–Trinajstić information content (AvgIpc) is 2.64. The van der Waals surface area contributed by atoms with Gasteiger partial charge in [-0.25, -0.2) is 9.59 Å². The lowest BCUT2D eigenvalue weighted by atomic mass is 10.2. The lowest BCUT2D eigenvalue weighted by Gasteiger charge is -2.08. The normalized spacial score (nSPS) is 10.3. The van der Waals surface area contributed by atoms with Gasteiger partial charge in [0.2, 0.25) is 0 Å². The van der Waals surface area contributed by atoms with Crippen molar-refractivity contribution >= 4 is 17.6 Å². The highest BCUT2D eigenvalue weighted by Crippen LogP contribution is 2.10. The van der Waals surface area contributed by atoms with Crippen molar-refractivity contribution in [3.63, 3.8) is 0 Å². The van der Waals surface area contributed by atoms with E-state index in [9.17, 15) is 9.59 Å². The van der Waals surface area contributed by atoms with Crippen molar-refractivity contribution in [3.8, 4) is 0 Å². The van der Waals surface area contributed by atoms with Crippen LogP contribution in [0.2, 0.25) is 0 Å². The molecule has 0 atom stereocenters. The number of esters is 2. The van der Waals surface area contributed by atoms with Crippen LogP contribution >= 0.6 is 0 Å². The largest absolute Gasteiger partial charge is 0.467 e. The van der Waals surface area contributed by atoms with E-state index in [1.807, 2.05) is 12.1 Å². The Balaban J connectivity index is 2.10. The number of anilines is 1. The topological polar surface area (TPSA) is 83.1 Å². The van der Waals surface area contributed by atoms with E-state index in [4.69, 9.17) is 14.2 Å². The minimum absolute atomic E-state index is 0.0991. The van der Waals surface area contributed by atoms with Gasteiger partial charge in [0.25, 0.3) is 0 Å². The fourth-order valence-electron chi connectivity index (χ4n) is 1.84. The predicted octanol–water partition coefficient (Wildman–Crippen LogP) is 2.26. The molecular weight excluding hydrogens is 326 g/mol. The Morgan fingerprint density at radius 2 is 1.68 bits per heavy atom. The molecule has 140 valence electrons. The van der Waals surface area contributed by atoms with Crippen molar-refractivity contribution < 1.29 is 28.5 Å². The number of carbonyl (C=O) groups is 2. The van der Waals surface area contributed by atoms with Crippen LogP contribution in [0.1, 0.15) is 30.1 Å². The van der Waals surface area contributed by atoms with E-state index in [-0.39, 0.29) is 32.4 Å². The summed E-state index contributed by atoms with van der Waals surface area (Å²) in [5, 5.41) is 3.29. The van der Waals surface area contributed by atoms with Crippen LogP contribution in [0.25, 0.3) is 0 Å². The number of nitrogens with one attached hydrogen (secondary N) is 1. The summed E-state index contributed by atoms with van der Waals surface area (Å²) in [5.41, 5.74) is 1.49. The van der Waals surface area contributed by atoms with Crippen molar-refractivity contribution in [2.24, 2.45) is 0 Å². The predicted molar refractivity (Wildman–Crippen MR) is 93.8 cm³/mol. The summed E-state index contributed by atoms with van der Waals surface area (Å²) in [6.07, 6.45) is 2.24. The van der Waals surface area contributed by atoms with Crippen molar-refractivity contribution in [1.29, 1.82) is 0 Å². The highest BCUT2D eigenvalue weighted by atomic mass is 16.6. The lowest BCUT2D eigenvalue weighted by molar-refractivity contribution is -0.146. The molecule has 0 unspecified atom stereocenters. The SMILES string of the molecule is CCCCNc1ccc(C(=O)OCCOCCOCC(=O)OC)cc1. The van der Waals surface area contributed by atoms with Crippen LogP contribution in [0.4, 0.5) is 5.69 Å². The minimum atomic E-state index is -0.430. The molecule has 0 aromatic heterocycles. The second-order valence-corrected chi connectivity index (χ2v) is 5.23. The van der Waals surface area contributed by atoms with E-state index < -0.39 is 5.97 Å². The molecule has 0 fully saturated rings. The van der Waals surface area contributed by atoms with Gasteiger partial charge in [-0.1, -0.05) is 13.3 Å². The van der Waals surface area contributed by atoms with Gasteiger partial charge in [0.1, 0.15) is 13.2 Å². The molecule has 0 amide bonds. The monoisotopic (exact) mass is 353 g/mol. The Labute approximate surface area is 148 Å². The fraction of sp³-hybridized carbons (Fsp3) is 0.556. The molecule has 0 heterocycles. The summed E-state index contributed by atoms with van der Waals surface area (Å²) >= 11 is 0. The van der Waals surface area contributed by atoms with Gasteiger partial charge < -0.3 is 24.3 Å². The third kappa shape index (κ3) is 9.69. The number of methoxy groups -OCH3 is 1. The molecule has 1 rings (SSSR count). The fourth-order valence-corrected chi connectivity index (χ4v) is 1.84. The van der Waals surface area contributed by atoms with Gasteiger partial charge >= 0.3 is 11.9 Å². The number of benzene rings is 1. The molecule has 0 radical (unpaired) electrons. The molecule has 0 aliphatic carbocycles. The molecule has 1 aromatic rings. The molecule has 0 saturated heterocycles. The van der Waals surface area contributed by atoms with Gasteiger partial charge in [0.15, 0.2) is 0 Å². The average molecular weight is 353 g/mol. The summed E-state index contributed by atoms with van der Waals surface area (Å²) in [5.74, 6) is -0.814. The summed E-state index contributed by atoms with van der Waals surface area (Å²) < 4.78 is 19.8. The first kappa shape index (κ1) is 20.9. The molecule has 0 aliphatic heterocycles. The third-order valence-electron chi connectivity index (χ3n) is 3.26. The number of rotatable bonds is 13. The molecule has 0 saturated carbocycles. The van der Waals surface area contributed by atoms with Crippen LogP contribution in [-0.4, -0.2) is 58.6 Å². The molecule has 0 bridgehead atoms. The quantitative estimate of drug-likeness (QED) is 0.430. The highest BCUT2D eigenvalue weighted by molar-refractivity contribution is 5.89. The van der Waals surface area contributed by atoms with Gasteiger partial charge in [-0.05, 0) is 30.7 Å². The Kier molecular flexibility index (Phi) is 11.0. The standard InChI is InChI=1S/C18H27NO6/c1-3-4-9-19-16-7-5-15(6-8-16)18(21)25-13-12-23-10-11-24-14-17(20)22-2/h5-8,19H,3-4,9-14H2,1-2H3. The second-order valence-electron chi connectivity index (χ2n) is 5.23. The Morgan fingerprint density at radius 3 is 2.36 bits per heavy atom. The zero-order valence-corrected chi connectivity index (χ0v) is 14.9. The highest BCUT2D eigenvalue weighted by Gasteiger charge is 2.06. The Morgan fingerprint density at radius 1 is 1.00 bits per heavy atom. The number of hydrogen-bond donors (Lipinski definition) is 1. The Hall–Kier alpha value is -2.12. The molecule has 1 aromatic carbocycles. The number of hydrogen-bond acceptors (Lipinski definition) is 7. The van der Waals surface area contributed by atoms with Crippen LogP contribution in [-0.2, 0) is 23.7 Å². The molecule has 0 aliphatic rings. The van der Waals surface area contributed by atoms with Gasteiger partial charge in [-0.3, -0.25) is 0 Å². The van der Waals surface area contributed by atoms with E-state index >= 15 is 0 Å².